The average Bonchev–Trinajstić information content (AvgIpc) is 3.05. The van der Waals surface area contributed by atoms with Crippen LogP contribution in [0.15, 0.2) is 15.5 Å². The van der Waals surface area contributed by atoms with Crippen LogP contribution in [0, 0.1) is 12.8 Å². The minimum Gasteiger partial charge on any atom is -0.466 e. The quantitative estimate of drug-likeness (QED) is 0.460. The number of carbonyl (C=O) groups excluding carboxylic acids is 2. The van der Waals surface area contributed by atoms with Crippen molar-refractivity contribution in [3.8, 4) is 0 Å². The topological polar surface area (TPSA) is 93.4 Å². The third kappa shape index (κ3) is 5.48. The molecule has 27 heavy (non-hydrogen) atoms. The molecule has 1 saturated heterocycles. The van der Waals surface area contributed by atoms with Gasteiger partial charge in [0.2, 0.25) is 0 Å². The normalized spacial score (nSPS) is 17.6. The summed E-state index contributed by atoms with van der Waals surface area (Å²) in [6.07, 6.45) is 1.73. The lowest BCUT2D eigenvalue weighted by Crippen LogP contribution is -2.48. The number of guanidine groups is 1. The molecule has 1 unspecified atom stereocenters. The summed E-state index contributed by atoms with van der Waals surface area (Å²) in [5.74, 6) is 1.10. The fraction of sp³-hybridized carbons (Fsp3) is 0.632. The number of piperidine rings is 1. The number of aryl methyl sites for hydroxylation is 1. The van der Waals surface area contributed by atoms with Crippen LogP contribution in [0.2, 0.25) is 0 Å². The van der Waals surface area contributed by atoms with E-state index in [1.54, 1.807) is 13.0 Å². The Labute approximate surface area is 159 Å². The van der Waals surface area contributed by atoms with E-state index in [1.165, 1.54) is 7.11 Å². The molecule has 0 aromatic carbocycles. The molecule has 2 rings (SSSR count). The van der Waals surface area contributed by atoms with E-state index in [0.717, 1.165) is 25.3 Å². The summed E-state index contributed by atoms with van der Waals surface area (Å²) in [5, 5.41) is 3.26. The standard InChI is InChI=1S/C19H29N3O5/c1-5-20-19(22-9-7-8-14(12-22)17(23)26-6-2)21-11-15-10-16(13(3)27-15)18(24)25-4/h10,14H,5-9,11-12H2,1-4H3,(H,20,21). The maximum atomic E-state index is 12.1. The molecule has 2 heterocycles. The Balaban J connectivity index is 2.09. The summed E-state index contributed by atoms with van der Waals surface area (Å²) in [6.45, 7) is 8.34. The monoisotopic (exact) mass is 379 g/mol. The number of hydrogen-bond acceptors (Lipinski definition) is 6. The van der Waals surface area contributed by atoms with Gasteiger partial charge in [0.25, 0.3) is 0 Å². The second kappa shape index (κ2) is 9.99. The molecule has 0 bridgehead atoms. The molecule has 150 valence electrons. The maximum absolute atomic E-state index is 12.1. The predicted octanol–water partition coefficient (Wildman–Crippen LogP) is 2.12. The van der Waals surface area contributed by atoms with Gasteiger partial charge in [-0.1, -0.05) is 0 Å². The van der Waals surface area contributed by atoms with Crippen molar-refractivity contribution in [3.63, 3.8) is 0 Å². The molecule has 1 aliphatic rings. The first-order chi connectivity index (χ1) is 13.0. The van der Waals surface area contributed by atoms with Crippen molar-refractivity contribution in [1.82, 2.24) is 10.2 Å². The number of furan rings is 1. The maximum Gasteiger partial charge on any atom is 0.341 e. The van der Waals surface area contributed by atoms with Crippen molar-refractivity contribution >= 4 is 17.9 Å². The summed E-state index contributed by atoms with van der Waals surface area (Å²) in [7, 11) is 1.34. The van der Waals surface area contributed by atoms with E-state index in [4.69, 9.17) is 13.9 Å². The highest BCUT2D eigenvalue weighted by Crippen LogP contribution is 2.19. The number of nitrogens with zero attached hydrogens (tertiary/aromatic N) is 2. The first-order valence-electron chi connectivity index (χ1n) is 9.37. The lowest BCUT2D eigenvalue weighted by Gasteiger charge is -2.33. The zero-order chi connectivity index (χ0) is 19.8. The number of ether oxygens (including phenoxy) is 2. The molecule has 1 atom stereocenters. The van der Waals surface area contributed by atoms with Crippen molar-refractivity contribution in [1.29, 1.82) is 0 Å². The lowest BCUT2D eigenvalue weighted by atomic mass is 9.98. The van der Waals surface area contributed by atoms with Crippen LogP contribution < -0.4 is 5.32 Å². The molecule has 0 spiro atoms. The van der Waals surface area contributed by atoms with Gasteiger partial charge in [0.15, 0.2) is 5.96 Å². The van der Waals surface area contributed by atoms with Crippen LogP contribution in [0.3, 0.4) is 0 Å². The molecule has 0 saturated carbocycles. The molecule has 1 aromatic rings. The van der Waals surface area contributed by atoms with Crippen molar-refractivity contribution in [2.45, 2.75) is 40.2 Å². The van der Waals surface area contributed by atoms with Crippen LogP contribution in [-0.4, -0.2) is 56.1 Å². The zero-order valence-corrected chi connectivity index (χ0v) is 16.5. The molecule has 1 N–H and O–H groups in total. The SMILES string of the molecule is CCNC(=NCc1cc(C(=O)OC)c(C)o1)N1CCCC(C(=O)OCC)C1. The first-order valence-corrected chi connectivity index (χ1v) is 9.37. The van der Waals surface area contributed by atoms with Gasteiger partial charge >= 0.3 is 11.9 Å². The smallest absolute Gasteiger partial charge is 0.341 e. The highest BCUT2D eigenvalue weighted by molar-refractivity contribution is 5.90. The van der Waals surface area contributed by atoms with Crippen molar-refractivity contribution < 1.29 is 23.5 Å². The molecule has 0 radical (unpaired) electrons. The van der Waals surface area contributed by atoms with Crippen LogP contribution in [0.25, 0.3) is 0 Å². The summed E-state index contributed by atoms with van der Waals surface area (Å²) in [5.41, 5.74) is 0.410. The van der Waals surface area contributed by atoms with Gasteiger partial charge in [-0.3, -0.25) is 4.79 Å². The van der Waals surface area contributed by atoms with E-state index >= 15 is 0 Å². The number of rotatable bonds is 6. The third-order valence-corrected chi connectivity index (χ3v) is 4.43. The van der Waals surface area contributed by atoms with E-state index in [2.05, 4.69) is 15.2 Å². The number of aliphatic imine (C=N–C) groups is 1. The minimum absolute atomic E-state index is 0.139. The van der Waals surface area contributed by atoms with Crippen LogP contribution in [0.1, 0.15) is 48.6 Å². The highest BCUT2D eigenvalue weighted by atomic mass is 16.5. The third-order valence-electron chi connectivity index (χ3n) is 4.43. The number of esters is 2. The van der Waals surface area contributed by atoms with E-state index in [-0.39, 0.29) is 11.9 Å². The molecule has 0 aliphatic carbocycles. The molecule has 1 aliphatic heterocycles. The van der Waals surface area contributed by atoms with E-state index < -0.39 is 5.97 Å². The summed E-state index contributed by atoms with van der Waals surface area (Å²) >= 11 is 0. The lowest BCUT2D eigenvalue weighted by molar-refractivity contribution is -0.149. The Kier molecular flexibility index (Phi) is 7.69. The summed E-state index contributed by atoms with van der Waals surface area (Å²) in [4.78, 5) is 30.5. The Bertz CT molecular complexity index is 683. The predicted molar refractivity (Wildman–Crippen MR) is 101 cm³/mol. The molecule has 8 nitrogen and oxygen atoms in total. The van der Waals surface area contributed by atoms with Gasteiger partial charge in [-0.2, -0.15) is 0 Å². The molecule has 1 fully saturated rings. The molecular weight excluding hydrogens is 350 g/mol. The Morgan fingerprint density at radius 1 is 1.41 bits per heavy atom. The van der Waals surface area contributed by atoms with Gasteiger partial charge < -0.3 is 24.1 Å². The summed E-state index contributed by atoms with van der Waals surface area (Å²) < 4.78 is 15.5. The van der Waals surface area contributed by atoms with Gasteiger partial charge in [-0.25, -0.2) is 9.79 Å². The van der Waals surface area contributed by atoms with Gasteiger partial charge in [-0.05, 0) is 39.7 Å². The fourth-order valence-corrected chi connectivity index (χ4v) is 3.13. The number of carbonyl (C=O) groups is 2. The van der Waals surface area contributed by atoms with E-state index in [9.17, 15) is 9.59 Å². The highest BCUT2D eigenvalue weighted by Gasteiger charge is 2.28. The molecule has 0 amide bonds. The second-order valence-corrected chi connectivity index (χ2v) is 6.38. The number of nitrogens with one attached hydrogen (secondary N) is 1. The van der Waals surface area contributed by atoms with Crippen LogP contribution in [-0.2, 0) is 20.8 Å². The van der Waals surface area contributed by atoms with Gasteiger partial charge in [0.1, 0.15) is 23.6 Å². The summed E-state index contributed by atoms with van der Waals surface area (Å²) in [6, 6.07) is 1.66. The fourth-order valence-electron chi connectivity index (χ4n) is 3.13. The largest absolute Gasteiger partial charge is 0.466 e. The number of likely N-dealkylation sites (tertiary alicyclic amines) is 1. The van der Waals surface area contributed by atoms with Crippen LogP contribution in [0.4, 0.5) is 0 Å². The number of hydrogen-bond donors (Lipinski definition) is 1. The van der Waals surface area contributed by atoms with Crippen LogP contribution in [0.5, 0.6) is 0 Å². The van der Waals surface area contributed by atoms with Crippen LogP contribution >= 0.6 is 0 Å². The van der Waals surface area contributed by atoms with Gasteiger partial charge in [-0.15, -0.1) is 0 Å². The molecular formula is C19H29N3O5. The van der Waals surface area contributed by atoms with Crippen molar-refractivity contribution in [3.05, 3.63) is 23.2 Å². The van der Waals surface area contributed by atoms with Crippen molar-refractivity contribution in [2.75, 3.05) is 33.4 Å². The number of methoxy groups -OCH3 is 1. The van der Waals surface area contributed by atoms with E-state index in [1.807, 2.05) is 13.8 Å². The Morgan fingerprint density at radius 2 is 2.19 bits per heavy atom. The second-order valence-electron chi connectivity index (χ2n) is 6.38. The molecule has 1 aromatic heterocycles. The average molecular weight is 379 g/mol. The van der Waals surface area contributed by atoms with Gasteiger partial charge in [0.05, 0.1) is 19.6 Å². The minimum atomic E-state index is -0.424. The van der Waals surface area contributed by atoms with Crippen molar-refractivity contribution in [2.24, 2.45) is 10.9 Å². The van der Waals surface area contributed by atoms with E-state index in [0.29, 0.717) is 43.3 Å². The Hall–Kier alpha value is -2.51. The Morgan fingerprint density at radius 3 is 2.85 bits per heavy atom. The molecule has 8 heteroatoms. The first kappa shape index (κ1) is 20.8. The van der Waals surface area contributed by atoms with Gasteiger partial charge in [0, 0.05) is 19.6 Å². The zero-order valence-electron chi connectivity index (χ0n) is 16.5.